The highest BCUT2D eigenvalue weighted by Crippen LogP contribution is 2.55. The van der Waals surface area contributed by atoms with Gasteiger partial charge in [0.15, 0.2) is 5.78 Å². The fraction of sp³-hybridized carbons (Fsp3) is 0.773. The van der Waals surface area contributed by atoms with Crippen molar-refractivity contribution in [3.63, 3.8) is 0 Å². The lowest BCUT2D eigenvalue weighted by Gasteiger charge is -2.46. The van der Waals surface area contributed by atoms with Gasteiger partial charge in [0.25, 0.3) is 0 Å². The number of Topliss-reactive ketones (excluding diaryl/α,β-unsaturated/α-hetero) is 1. The van der Waals surface area contributed by atoms with Crippen LogP contribution in [-0.2, 0) is 14.3 Å². The molecule has 6 atom stereocenters. The van der Waals surface area contributed by atoms with Gasteiger partial charge in [-0.15, -0.1) is 0 Å². The first-order chi connectivity index (χ1) is 12.6. The van der Waals surface area contributed by atoms with Crippen molar-refractivity contribution < 1.29 is 24.5 Å². The van der Waals surface area contributed by atoms with Gasteiger partial charge >= 0.3 is 0 Å². The molecule has 0 radical (unpaired) electrons. The summed E-state index contributed by atoms with van der Waals surface area (Å²) in [5, 5.41) is 21.7. The Labute approximate surface area is 162 Å². The quantitative estimate of drug-likeness (QED) is 0.718. The number of methoxy groups -OCH3 is 1. The monoisotopic (exact) mass is 378 g/mol. The van der Waals surface area contributed by atoms with Gasteiger partial charge in [0.1, 0.15) is 23.6 Å². The molecule has 1 fully saturated rings. The maximum Gasteiger partial charge on any atom is 0.191 e. The molecule has 1 aliphatic heterocycles. The van der Waals surface area contributed by atoms with Crippen molar-refractivity contribution in [1.29, 1.82) is 0 Å². The lowest BCUT2D eigenvalue weighted by Crippen LogP contribution is -2.50. The molecule has 2 N–H and O–H groups in total. The zero-order valence-corrected chi connectivity index (χ0v) is 17.2. The minimum atomic E-state index is -0.813. The Balaban J connectivity index is 1.84. The second kappa shape index (κ2) is 7.34. The van der Waals surface area contributed by atoms with Crippen LogP contribution in [0.15, 0.2) is 23.0 Å². The lowest BCUT2D eigenvalue weighted by molar-refractivity contribution is -0.138. The molecule has 0 spiro atoms. The molecule has 3 rings (SSSR count). The number of ketones is 1. The van der Waals surface area contributed by atoms with Gasteiger partial charge in [-0.2, -0.15) is 0 Å². The van der Waals surface area contributed by atoms with Crippen molar-refractivity contribution in [3.05, 3.63) is 23.0 Å². The van der Waals surface area contributed by atoms with Gasteiger partial charge in [-0.25, -0.2) is 0 Å². The highest BCUT2D eigenvalue weighted by atomic mass is 16.5. The van der Waals surface area contributed by atoms with E-state index >= 15 is 0 Å². The maximum atomic E-state index is 12.8. The summed E-state index contributed by atoms with van der Waals surface area (Å²) in [5.41, 5.74) is 0.568. The smallest absolute Gasteiger partial charge is 0.191 e. The van der Waals surface area contributed by atoms with E-state index in [0.29, 0.717) is 24.2 Å². The molecule has 0 aromatic carbocycles. The summed E-state index contributed by atoms with van der Waals surface area (Å²) in [5.74, 6) is 0.492. The van der Waals surface area contributed by atoms with Crippen molar-refractivity contribution in [3.8, 4) is 0 Å². The summed E-state index contributed by atoms with van der Waals surface area (Å²) in [4.78, 5) is 12.8. The molecule has 5 nitrogen and oxygen atoms in total. The third kappa shape index (κ3) is 3.74. The van der Waals surface area contributed by atoms with Crippen LogP contribution in [-0.4, -0.2) is 46.5 Å². The summed E-state index contributed by atoms with van der Waals surface area (Å²) in [6, 6.07) is 0. The van der Waals surface area contributed by atoms with E-state index in [1.807, 2.05) is 6.92 Å². The molecule has 1 heterocycles. The van der Waals surface area contributed by atoms with Crippen LogP contribution in [0.2, 0.25) is 0 Å². The molecule has 0 aromatic rings. The Morgan fingerprint density at radius 3 is 2.78 bits per heavy atom. The second-order valence-electron chi connectivity index (χ2n) is 9.23. The summed E-state index contributed by atoms with van der Waals surface area (Å²) in [7, 11) is 1.50. The van der Waals surface area contributed by atoms with Crippen LogP contribution in [0.25, 0.3) is 0 Å². The number of carbonyl (C=O) groups excluding carboxylic acids is 1. The number of carbonyl (C=O) groups is 1. The van der Waals surface area contributed by atoms with Crippen molar-refractivity contribution in [2.45, 2.75) is 89.6 Å². The minimum Gasteiger partial charge on any atom is -0.488 e. The van der Waals surface area contributed by atoms with E-state index in [4.69, 9.17) is 9.47 Å². The van der Waals surface area contributed by atoms with Crippen LogP contribution >= 0.6 is 0 Å². The molecule has 152 valence electrons. The first kappa shape index (κ1) is 20.6. The molecular formula is C22H34O5. The summed E-state index contributed by atoms with van der Waals surface area (Å²) in [6.07, 6.45) is 4.77. The standard InChI is InChI=1S/C22H34O5/c1-13(2)7-6-9-21(3,25)15-8-10-22(4)16(15)11-14-19(24)18(26-5)12-17(23)20(14)27-22/h7,15-18,23,25H,6,8-12H2,1-5H3/t15-,16+,17+,18-,21+,22-/m1/s1. The number of hydrogen-bond donors (Lipinski definition) is 2. The van der Waals surface area contributed by atoms with Crippen molar-refractivity contribution in [1.82, 2.24) is 0 Å². The van der Waals surface area contributed by atoms with E-state index in [1.165, 1.54) is 12.7 Å². The number of aliphatic hydroxyl groups excluding tert-OH is 1. The Morgan fingerprint density at radius 1 is 1.44 bits per heavy atom. The van der Waals surface area contributed by atoms with Crippen LogP contribution < -0.4 is 0 Å². The Morgan fingerprint density at radius 2 is 2.15 bits per heavy atom. The number of ether oxygens (including phenoxy) is 2. The van der Waals surface area contributed by atoms with E-state index < -0.39 is 23.4 Å². The fourth-order valence-electron chi connectivity index (χ4n) is 5.26. The lowest BCUT2D eigenvalue weighted by atomic mass is 9.70. The average molecular weight is 379 g/mol. The van der Waals surface area contributed by atoms with E-state index in [1.54, 1.807) is 0 Å². The third-order valence-electron chi connectivity index (χ3n) is 6.90. The Kier molecular flexibility index (Phi) is 5.59. The Bertz CT molecular complexity index is 658. The summed E-state index contributed by atoms with van der Waals surface area (Å²) < 4.78 is 11.5. The second-order valence-corrected chi connectivity index (χ2v) is 9.23. The number of aliphatic hydroxyl groups is 2. The zero-order valence-electron chi connectivity index (χ0n) is 17.2. The molecule has 5 heteroatoms. The third-order valence-corrected chi connectivity index (χ3v) is 6.90. The highest BCUT2D eigenvalue weighted by molar-refractivity contribution is 6.00. The molecule has 2 aliphatic carbocycles. The molecule has 0 bridgehead atoms. The van der Waals surface area contributed by atoms with Gasteiger partial charge < -0.3 is 19.7 Å². The topological polar surface area (TPSA) is 76.0 Å². The number of hydrogen-bond acceptors (Lipinski definition) is 5. The first-order valence-corrected chi connectivity index (χ1v) is 10.1. The fourth-order valence-corrected chi connectivity index (χ4v) is 5.26. The minimum absolute atomic E-state index is 0.0599. The molecule has 0 unspecified atom stereocenters. The largest absolute Gasteiger partial charge is 0.488 e. The van der Waals surface area contributed by atoms with E-state index in [-0.39, 0.29) is 24.0 Å². The van der Waals surface area contributed by atoms with Gasteiger partial charge in [0.05, 0.1) is 5.60 Å². The summed E-state index contributed by atoms with van der Waals surface area (Å²) >= 11 is 0. The molecule has 1 saturated carbocycles. The molecule has 0 amide bonds. The predicted molar refractivity (Wildman–Crippen MR) is 103 cm³/mol. The van der Waals surface area contributed by atoms with Crippen LogP contribution in [0.3, 0.4) is 0 Å². The molecule has 0 aromatic heterocycles. The van der Waals surface area contributed by atoms with Crippen molar-refractivity contribution in [2.24, 2.45) is 11.8 Å². The van der Waals surface area contributed by atoms with Crippen LogP contribution in [0.4, 0.5) is 0 Å². The normalized spacial score (nSPS) is 38.0. The van der Waals surface area contributed by atoms with Crippen molar-refractivity contribution >= 4 is 5.78 Å². The highest BCUT2D eigenvalue weighted by Gasteiger charge is 2.57. The molecule has 0 saturated heterocycles. The predicted octanol–water partition coefficient (Wildman–Crippen LogP) is 3.29. The van der Waals surface area contributed by atoms with E-state index in [0.717, 1.165) is 19.3 Å². The van der Waals surface area contributed by atoms with Crippen LogP contribution in [0.5, 0.6) is 0 Å². The van der Waals surface area contributed by atoms with Crippen molar-refractivity contribution in [2.75, 3.05) is 7.11 Å². The average Bonchev–Trinajstić information content (AvgIpc) is 2.93. The molecular weight excluding hydrogens is 344 g/mol. The number of rotatable bonds is 5. The van der Waals surface area contributed by atoms with E-state index in [9.17, 15) is 15.0 Å². The van der Waals surface area contributed by atoms with Gasteiger partial charge in [0.2, 0.25) is 0 Å². The number of allylic oxidation sites excluding steroid dienone is 2. The molecule has 3 aliphatic rings. The van der Waals surface area contributed by atoms with Gasteiger partial charge in [-0.05, 0) is 65.7 Å². The Hall–Kier alpha value is -1.17. The van der Waals surface area contributed by atoms with Crippen LogP contribution in [0.1, 0.15) is 66.2 Å². The summed E-state index contributed by atoms with van der Waals surface area (Å²) in [6.45, 7) is 8.11. The SMILES string of the molecule is CO[C@@H]1C[C@H](O)C2=C(C[C@H]3[C@H]([C@@](C)(O)CCC=C(C)C)CC[C@@]3(C)O2)C1=O. The van der Waals surface area contributed by atoms with Gasteiger partial charge in [0, 0.05) is 25.0 Å². The maximum absolute atomic E-state index is 12.8. The first-order valence-electron chi connectivity index (χ1n) is 10.1. The van der Waals surface area contributed by atoms with E-state index in [2.05, 4.69) is 26.8 Å². The van der Waals surface area contributed by atoms with Gasteiger partial charge in [-0.3, -0.25) is 4.79 Å². The van der Waals surface area contributed by atoms with Crippen LogP contribution in [0, 0.1) is 11.8 Å². The molecule has 27 heavy (non-hydrogen) atoms. The zero-order chi connectivity index (χ0) is 20.0. The number of fused-ring (bicyclic) bond motifs is 1. The van der Waals surface area contributed by atoms with Gasteiger partial charge in [-0.1, -0.05) is 11.6 Å².